The summed E-state index contributed by atoms with van der Waals surface area (Å²) in [7, 11) is 0. The summed E-state index contributed by atoms with van der Waals surface area (Å²) in [6, 6.07) is -0.125. The molecule has 2 N–H and O–H groups in total. The van der Waals surface area contributed by atoms with Gasteiger partial charge in [-0.2, -0.15) is 0 Å². The molecule has 4 heterocycles. The van der Waals surface area contributed by atoms with Gasteiger partial charge in [-0.3, -0.25) is 9.59 Å². The van der Waals surface area contributed by atoms with Gasteiger partial charge in [-0.25, -0.2) is 10.4 Å². The first kappa shape index (κ1) is 14.5. The Morgan fingerprint density at radius 1 is 1.25 bits per heavy atom. The minimum absolute atomic E-state index is 0.111. The summed E-state index contributed by atoms with van der Waals surface area (Å²) in [6.45, 7) is 7.68. The lowest BCUT2D eigenvalue weighted by atomic mass is 9.87. The number of hydrogen-bond acceptors (Lipinski definition) is 5. The number of carbonyl (C=O) groups excluding carboxylic acids is 2. The number of hydrazine groups is 1. The predicted molar refractivity (Wildman–Crippen MR) is 87.0 cm³/mol. The third kappa shape index (κ3) is 2.34. The van der Waals surface area contributed by atoms with Crippen LogP contribution >= 0.6 is 0 Å². The lowest BCUT2D eigenvalue weighted by Crippen LogP contribution is -2.50. The van der Waals surface area contributed by atoms with Crippen LogP contribution in [0.3, 0.4) is 0 Å². The number of ether oxygens (including phenoxy) is 1. The van der Waals surface area contributed by atoms with Gasteiger partial charge < -0.3 is 15.0 Å². The second kappa shape index (κ2) is 5.32. The van der Waals surface area contributed by atoms with Crippen LogP contribution in [0.2, 0.25) is 1.41 Å². The molecule has 4 aliphatic rings. The van der Waals surface area contributed by atoms with Crippen molar-refractivity contribution >= 4 is 11.8 Å². The van der Waals surface area contributed by atoms with Crippen LogP contribution in [0.5, 0.6) is 0 Å². The lowest BCUT2D eigenvalue weighted by Gasteiger charge is -2.31. The number of nitrogens with zero attached hydrogens (tertiary/aromatic N) is 2. The third-order valence-corrected chi connectivity index (χ3v) is 5.11. The van der Waals surface area contributed by atoms with Gasteiger partial charge in [-0.15, -0.1) is 0 Å². The summed E-state index contributed by atoms with van der Waals surface area (Å²) in [5.41, 5.74) is 1.86. The SMILES string of the molecule is [2H]N1C(C(C)(C)C)C=C2NC3=C(CN(C4CCOCC4)C3=O)C(=O)N21. The molecule has 0 saturated carbocycles. The summed E-state index contributed by atoms with van der Waals surface area (Å²) < 4.78 is 13.7. The Bertz CT molecular complexity index is 690. The molecule has 7 nitrogen and oxygen atoms in total. The molecular weight excluding hydrogens is 308 g/mol. The van der Waals surface area contributed by atoms with E-state index in [4.69, 9.17) is 6.15 Å². The predicted octanol–water partition coefficient (Wildman–Crippen LogP) is 0.468. The van der Waals surface area contributed by atoms with Crippen LogP contribution in [0.4, 0.5) is 0 Å². The van der Waals surface area contributed by atoms with Crippen LogP contribution in [0.15, 0.2) is 23.2 Å². The fourth-order valence-corrected chi connectivity index (χ4v) is 3.56. The van der Waals surface area contributed by atoms with E-state index in [0.717, 1.165) is 12.8 Å². The van der Waals surface area contributed by atoms with Gasteiger partial charge in [0, 0.05) is 19.3 Å². The van der Waals surface area contributed by atoms with Crippen LogP contribution in [0, 0.1) is 5.41 Å². The van der Waals surface area contributed by atoms with E-state index in [1.807, 2.05) is 26.8 Å². The van der Waals surface area contributed by atoms with Crippen molar-refractivity contribution in [3.63, 3.8) is 0 Å². The highest BCUT2D eigenvalue weighted by Crippen LogP contribution is 2.33. The molecule has 1 fully saturated rings. The molecule has 0 aromatic rings. The molecule has 1 atom stereocenters. The second-order valence-electron chi connectivity index (χ2n) is 7.85. The van der Waals surface area contributed by atoms with Crippen molar-refractivity contribution < 1.29 is 15.7 Å². The van der Waals surface area contributed by atoms with E-state index in [2.05, 4.69) is 5.32 Å². The average molecular weight is 333 g/mol. The highest BCUT2D eigenvalue weighted by Gasteiger charge is 2.46. The van der Waals surface area contributed by atoms with Crippen LogP contribution in [0.1, 0.15) is 33.6 Å². The van der Waals surface area contributed by atoms with Gasteiger partial charge in [0.25, 0.3) is 11.8 Å². The molecule has 7 heteroatoms. The van der Waals surface area contributed by atoms with Crippen LogP contribution in [-0.2, 0) is 14.3 Å². The normalized spacial score (nSPS) is 29.5. The first-order valence-electron chi connectivity index (χ1n) is 8.97. The fourth-order valence-electron chi connectivity index (χ4n) is 3.56. The smallest absolute Gasteiger partial charge is 0.274 e. The maximum atomic E-state index is 13.0. The Labute approximate surface area is 143 Å². The number of rotatable bonds is 1. The van der Waals surface area contributed by atoms with Crippen LogP contribution in [0.25, 0.3) is 0 Å². The van der Waals surface area contributed by atoms with Gasteiger partial charge in [-0.05, 0) is 24.3 Å². The number of nitrogens with one attached hydrogen (secondary N) is 2. The summed E-state index contributed by atoms with van der Waals surface area (Å²) in [6.07, 6.45) is 3.45. The first-order valence-corrected chi connectivity index (χ1v) is 8.52. The molecule has 1 saturated heterocycles. The zero-order valence-corrected chi connectivity index (χ0v) is 14.3. The fraction of sp³-hybridized carbons (Fsp3) is 0.647. The molecule has 4 aliphatic heterocycles. The molecule has 4 rings (SSSR count). The monoisotopic (exact) mass is 333 g/mol. The number of amides is 2. The van der Waals surface area contributed by atoms with Gasteiger partial charge >= 0.3 is 0 Å². The summed E-state index contributed by atoms with van der Waals surface area (Å²) in [5, 5.41) is 4.46. The van der Waals surface area contributed by atoms with Crippen molar-refractivity contribution in [2.75, 3.05) is 19.8 Å². The largest absolute Gasteiger partial charge is 0.381 e. The molecular formula is C17H24N4O3. The van der Waals surface area contributed by atoms with Gasteiger partial charge in [0.05, 0.1) is 18.2 Å². The van der Waals surface area contributed by atoms with Crippen molar-refractivity contribution in [1.82, 2.24) is 20.6 Å². The van der Waals surface area contributed by atoms with Crippen molar-refractivity contribution in [2.24, 2.45) is 5.41 Å². The van der Waals surface area contributed by atoms with Crippen LogP contribution < -0.4 is 10.7 Å². The minimum atomic E-state index is -0.273. The highest BCUT2D eigenvalue weighted by atomic mass is 16.5. The Hall–Kier alpha value is -1.86. The molecule has 0 radical (unpaired) electrons. The van der Waals surface area contributed by atoms with E-state index in [1.54, 1.807) is 4.90 Å². The summed E-state index contributed by atoms with van der Waals surface area (Å²) in [4.78, 5) is 27.6. The van der Waals surface area contributed by atoms with Crippen molar-refractivity contribution in [2.45, 2.75) is 45.7 Å². The van der Waals surface area contributed by atoms with E-state index in [9.17, 15) is 9.59 Å². The van der Waals surface area contributed by atoms with Crippen LogP contribution in [-0.4, -0.2) is 53.6 Å². The Morgan fingerprint density at radius 3 is 2.62 bits per heavy atom. The van der Waals surface area contributed by atoms with E-state index >= 15 is 0 Å². The molecule has 24 heavy (non-hydrogen) atoms. The second-order valence-corrected chi connectivity index (χ2v) is 7.85. The quantitative estimate of drug-likeness (QED) is 0.730. The molecule has 0 aromatic heterocycles. The maximum Gasteiger partial charge on any atom is 0.274 e. The number of fused-ring (bicyclic) bond motifs is 1. The van der Waals surface area contributed by atoms with Gasteiger partial charge in [0.2, 0.25) is 0 Å². The molecule has 0 aromatic carbocycles. The molecule has 0 spiro atoms. The lowest BCUT2D eigenvalue weighted by molar-refractivity contribution is -0.130. The molecule has 0 aliphatic carbocycles. The Balaban J connectivity index is 1.60. The van der Waals surface area contributed by atoms with Gasteiger partial charge in [0.15, 0.2) is 0 Å². The molecule has 0 bridgehead atoms. The summed E-state index contributed by atoms with van der Waals surface area (Å²) in [5.74, 6) is 0.122. The average Bonchev–Trinajstić information content (AvgIpc) is 3.07. The summed E-state index contributed by atoms with van der Waals surface area (Å²) >= 11 is 0. The minimum Gasteiger partial charge on any atom is -0.381 e. The number of carbonyl (C=O) groups is 2. The van der Waals surface area contributed by atoms with E-state index in [-0.39, 0.29) is 29.3 Å². The molecule has 1 unspecified atom stereocenters. The Morgan fingerprint density at radius 2 is 1.96 bits per heavy atom. The van der Waals surface area contributed by atoms with Gasteiger partial charge in [0.1, 0.15) is 12.9 Å². The Kier molecular flexibility index (Phi) is 3.21. The first-order chi connectivity index (χ1) is 11.8. The van der Waals surface area contributed by atoms with Crippen molar-refractivity contribution in [3.8, 4) is 0 Å². The molecule has 130 valence electrons. The number of hydrogen-bond donors (Lipinski definition) is 2. The highest BCUT2D eigenvalue weighted by molar-refractivity contribution is 6.10. The molecule has 2 amide bonds. The van der Waals surface area contributed by atoms with E-state index in [1.165, 1.54) is 10.4 Å². The van der Waals surface area contributed by atoms with Gasteiger partial charge in [-0.1, -0.05) is 20.8 Å². The van der Waals surface area contributed by atoms with E-state index in [0.29, 0.717) is 36.8 Å². The van der Waals surface area contributed by atoms with Crippen molar-refractivity contribution in [3.05, 3.63) is 23.2 Å². The standard InChI is InChI=1S/C17H24N4O3/c1-17(2,3)12-8-13-18-14-11(15(22)21(13)19-12)9-20(16(14)23)10-4-6-24-7-5-10/h8,10,12,18-19H,4-7,9H2,1-3H3/i/hD. The topological polar surface area (TPSA) is 73.9 Å². The maximum absolute atomic E-state index is 13.0. The third-order valence-electron chi connectivity index (χ3n) is 5.11. The zero-order valence-electron chi connectivity index (χ0n) is 15.3. The zero-order chi connectivity index (χ0) is 17.9. The van der Waals surface area contributed by atoms with Crippen molar-refractivity contribution in [1.29, 1.82) is 0 Å². The van der Waals surface area contributed by atoms with E-state index < -0.39 is 0 Å².